The quantitative estimate of drug-likeness (QED) is 0.780. The molecule has 0 unspecified atom stereocenters. The molecule has 0 aliphatic carbocycles. The number of carbonyl (C=O) groups excluding carboxylic acids is 1. The van der Waals surface area contributed by atoms with Gasteiger partial charge >= 0.3 is 0 Å². The smallest absolute Gasteiger partial charge is 0.153 e. The second-order valence-corrected chi connectivity index (χ2v) is 4.14. The van der Waals surface area contributed by atoms with Crippen LogP contribution in [0, 0.1) is 0 Å². The van der Waals surface area contributed by atoms with Gasteiger partial charge in [0.2, 0.25) is 0 Å². The standard InChI is InChI=1S/C13H13ClN2O2/c1-2-16-9-15-6-11(16)8-18-13-10(7-17)4-3-5-12(13)14/h3-7,9H,2,8H2,1H3. The van der Waals surface area contributed by atoms with Crippen molar-refractivity contribution >= 4 is 17.9 Å². The first-order chi connectivity index (χ1) is 8.76. The van der Waals surface area contributed by atoms with E-state index in [0.717, 1.165) is 18.5 Å². The summed E-state index contributed by atoms with van der Waals surface area (Å²) < 4.78 is 7.59. The highest BCUT2D eigenvalue weighted by atomic mass is 35.5. The zero-order chi connectivity index (χ0) is 13.0. The van der Waals surface area contributed by atoms with Crippen LogP contribution in [0.4, 0.5) is 0 Å². The highest BCUT2D eigenvalue weighted by molar-refractivity contribution is 6.32. The Morgan fingerprint density at radius 2 is 2.33 bits per heavy atom. The first kappa shape index (κ1) is 12.6. The molecule has 4 nitrogen and oxygen atoms in total. The third-order valence-electron chi connectivity index (χ3n) is 2.63. The van der Waals surface area contributed by atoms with E-state index in [1.807, 2.05) is 11.5 Å². The van der Waals surface area contributed by atoms with Crippen LogP contribution < -0.4 is 4.74 Å². The molecule has 0 fully saturated rings. The molecule has 0 radical (unpaired) electrons. The summed E-state index contributed by atoms with van der Waals surface area (Å²) in [7, 11) is 0. The minimum atomic E-state index is 0.332. The van der Waals surface area contributed by atoms with Crippen LogP contribution >= 0.6 is 11.6 Å². The second-order valence-electron chi connectivity index (χ2n) is 3.74. The molecule has 1 aromatic heterocycles. The van der Waals surface area contributed by atoms with Gasteiger partial charge in [-0.1, -0.05) is 17.7 Å². The lowest BCUT2D eigenvalue weighted by atomic mass is 10.2. The van der Waals surface area contributed by atoms with Gasteiger partial charge in [0.1, 0.15) is 12.4 Å². The number of imidazole rings is 1. The van der Waals surface area contributed by atoms with E-state index in [1.165, 1.54) is 0 Å². The highest BCUT2D eigenvalue weighted by Gasteiger charge is 2.09. The molecule has 5 heteroatoms. The van der Waals surface area contributed by atoms with Crippen molar-refractivity contribution in [2.24, 2.45) is 0 Å². The molecule has 0 bridgehead atoms. The lowest BCUT2D eigenvalue weighted by Crippen LogP contribution is -2.05. The van der Waals surface area contributed by atoms with Gasteiger partial charge in [-0.3, -0.25) is 4.79 Å². The van der Waals surface area contributed by atoms with Crippen molar-refractivity contribution in [3.63, 3.8) is 0 Å². The number of rotatable bonds is 5. The predicted octanol–water partition coefficient (Wildman–Crippen LogP) is 2.95. The van der Waals surface area contributed by atoms with E-state index in [1.54, 1.807) is 30.7 Å². The van der Waals surface area contributed by atoms with Crippen LogP contribution in [-0.4, -0.2) is 15.8 Å². The number of aldehydes is 1. The van der Waals surface area contributed by atoms with Crippen LogP contribution in [0.3, 0.4) is 0 Å². The Morgan fingerprint density at radius 1 is 1.50 bits per heavy atom. The summed E-state index contributed by atoms with van der Waals surface area (Å²) in [6, 6.07) is 5.08. The van der Waals surface area contributed by atoms with E-state index in [2.05, 4.69) is 4.98 Å². The van der Waals surface area contributed by atoms with E-state index in [9.17, 15) is 4.79 Å². The zero-order valence-corrected chi connectivity index (χ0v) is 10.7. The average molecular weight is 265 g/mol. The summed E-state index contributed by atoms with van der Waals surface area (Å²) in [5, 5.41) is 0.433. The van der Waals surface area contributed by atoms with Crippen LogP contribution in [0.2, 0.25) is 5.02 Å². The Morgan fingerprint density at radius 3 is 3.06 bits per heavy atom. The van der Waals surface area contributed by atoms with E-state index < -0.39 is 0 Å². The minimum Gasteiger partial charge on any atom is -0.485 e. The molecule has 94 valence electrons. The molecule has 0 spiro atoms. The lowest BCUT2D eigenvalue weighted by molar-refractivity contribution is 0.111. The minimum absolute atomic E-state index is 0.332. The first-order valence-corrected chi connectivity index (χ1v) is 5.99. The second kappa shape index (κ2) is 5.69. The van der Waals surface area contributed by atoms with Crippen molar-refractivity contribution < 1.29 is 9.53 Å². The summed E-state index contributed by atoms with van der Waals surface area (Å²) in [5.74, 6) is 0.415. The topological polar surface area (TPSA) is 44.1 Å². The van der Waals surface area contributed by atoms with Crippen LogP contribution in [0.15, 0.2) is 30.7 Å². The number of aryl methyl sites for hydroxylation is 1. The molecule has 0 saturated carbocycles. The van der Waals surface area contributed by atoms with Crippen LogP contribution in [-0.2, 0) is 13.2 Å². The number of carbonyl (C=O) groups is 1. The molecular weight excluding hydrogens is 252 g/mol. The highest BCUT2D eigenvalue weighted by Crippen LogP contribution is 2.28. The van der Waals surface area contributed by atoms with Gasteiger partial charge in [-0.2, -0.15) is 0 Å². The van der Waals surface area contributed by atoms with Crippen molar-refractivity contribution in [1.82, 2.24) is 9.55 Å². The number of para-hydroxylation sites is 1. The molecule has 2 aromatic rings. The van der Waals surface area contributed by atoms with E-state index in [0.29, 0.717) is 22.9 Å². The van der Waals surface area contributed by atoms with Gasteiger partial charge in [0.05, 0.1) is 28.8 Å². The first-order valence-electron chi connectivity index (χ1n) is 5.61. The van der Waals surface area contributed by atoms with Gasteiger partial charge in [-0.15, -0.1) is 0 Å². The van der Waals surface area contributed by atoms with Crippen LogP contribution in [0.1, 0.15) is 23.0 Å². The van der Waals surface area contributed by atoms with Crippen LogP contribution in [0.25, 0.3) is 0 Å². The number of benzene rings is 1. The predicted molar refractivity (Wildman–Crippen MR) is 69.1 cm³/mol. The number of aromatic nitrogens is 2. The fraction of sp³-hybridized carbons (Fsp3) is 0.231. The molecule has 0 atom stereocenters. The molecule has 1 heterocycles. The Labute approximate surface area is 110 Å². The van der Waals surface area contributed by atoms with E-state index >= 15 is 0 Å². The van der Waals surface area contributed by atoms with Gasteiger partial charge in [-0.25, -0.2) is 4.98 Å². The summed E-state index contributed by atoms with van der Waals surface area (Å²) in [6.45, 7) is 3.18. The number of nitrogens with zero attached hydrogens (tertiary/aromatic N) is 2. The molecule has 0 amide bonds. The van der Waals surface area contributed by atoms with Crippen molar-refractivity contribution in [1.29, 1.82) is 0 Å². The van der Waals surface area contributed by atoms with Gasteiger partial charge in [0, 0.05) is 6.54 Å². The van der Waals surface area contributed by atoms with Gasteiger partial charge in [-0.05, 0) is 19.1 Å². The van der Waals surface area contributed by atoms with E-state index in [-0.39, 0.29) is 0 Å². The third-order valence-corrected chi connectivity index (χ3v) is 2.93. The lowest BCUT2D eigenvalue weighted by Gasteiger charge is -2.11. The maximum atomic E-state index is 10.9. The summed E-state index contributed by atoms with van der Waals surface area (Å²) in [4.78, 5) is 15.0. The normalized spacial score (nSPS) is 10.3. The van der Waals surface area contributed by atoms with Gasteiger partial charge < -0.3 is 9.30 Å². The number of halogens is 1. The van der Waals surface area contributed by atoms with Crippen molar-refractivity contribution in [3.8, 4) is 5.75 Å². The largest absolute Gasteiger partial charge is 0.485 e. The van der Waals surface area contributed by atoms with Gasteiger partial charge in [0.25, 0.3) is 0 Å². The molecule has 0 aliphatic rings. The Bertz CT molecular complexity index is 552. The molecule has 0 N–H and O–H groups in total. The Hall–Kier alpha value is -1.81. The zero-order valence-electron chi connectivity index (χ0n) is 9.97. The average Bonchev–Trinajstić information content (AvgIpc) is 2.84. The van der Waals surface area contributed by atoms with E-state index in [4.69, 9.17) is 16.3 Å². The molecule has 2 rings (SSSR count). The fourth-order valence-corrected chi connectivity index (χ4v) is 1.91. The fourth-order valence-electron chi connectivity index (χ4n) is 1.67. The molecule has 0 aliphatic heterocycles. The monoisotopic (exact) mass is 264 g/mol. The van der Waals surface area contributed by atoms with Gasteiger partial charge in [0.15, 0.2) is 6.29 Å². The molecular formula is C13H13ClN2O2. The van der Waals surface area contributed by atoms with Crippen molar-refractivity contribution in [3.05, 3.63) is 47.0 Å². The maximum Gasteiger partial charge on any atom is 0.153 e. The Kier molecular flexibility index (Phi) is 3.99. The molecule has 18 heavy (non-hydrogen) atoms. The summed E-state index contributed by atoms with van der Waals surface area (Å²) >= 11 is 6.02. The number of hydrogen-bond acceptors (Lipinski definition) is 3. The number of hydrogen-bond donors (Lipinski definition) is 0. The van der Waals surface area contributed by atoms with Crippen molar-refractivity contribution in [2.45, 2.75) is 20.1 Å². The van der Waals surface area contributed by atoms with Crippen LogP contribution in [0.5, 0.6) is 5.75 Å². The summed E-state index contributed by atoms with van der Waals surface area (Å²) in [5.41, 5.74) is 1.39. The SMILES string of the molecule is CCn1cncc1COc1c(Cl)cccc1C=O. The number of ether oxygens (including phenoxy) is 1. The maximum absolute atomic E-state index is 10.9. The molecule has 1 aromatic carbocycles. The van der Waals surface area contributed by atoms with Crippen molar-refractivity contribution in [2.75, 3.05) is 0 Å². The third kappa shape index (κ3) is 2.54. The Balaban J connectivity index is 2.18. The summed E-state index contributed by atoms with van der Waals surface area (Å²) in [6.07, 6.45) is 4.21. The molecule has 0 saturated heterocycles.